The number of rotatable bonds is 18. The number of nitrogens with zero attached hydrogens (tertiary/aromatic N) is 8. The number of amides is 2. The van der Waals surface area contributed by atoms with Crippen LogP contribution in [0.4, 0.5) is 0 Å². The number of hydrogen-bond donors (Lipinski definition) is 8. The van der Waals surface area contributed by atoms with Gasteiger partial charge in [-0.15, -0.1) is 0 Å². The Labute approximate surface area is 517 Å². The highest BCUT2D eigenvalue weighted by molar-refractivity contribution is 6.08. The van der Waals surface area contributed by atoms with Crippen LogP contribution in [0.2, 0.25) is 0 Å². The molecule has 13 aromatic rings. The SMILES string of the molecule is CN(C)C=O.CN(C)C=O.O.O=C([O-])c1cc(C(=O)[O-])c(C(=O)O)cc1C(=O)O.c1ccc2[nH]c(CN(Cc3nc4ccccc4[nH]3)Cc3[nH]c4ccccc4[nH+]3)nc2c1.c1ccc2[nH]c(CN(Cc3nc4ccccc4[nH]3)Cc3[nH]c4ccccc4[nH+]3)nc2c1. The fourth-order valence-corrected chi connectivity index (χ4v) is 9.52. The van der Waals surface area contributed by atoms with Gasteiger partial charge in [0.1, 0.15) is 36.4 Å². The molecule has 0 fully saturated rings. The number of benzene rings is 7. The van der Waals surface area contributed by atoms with Gasteiger partial charge in [-0.25, -0.2) is 49.5 Å². The van der Waals surface area contributed by atoms with Crippen LogP contribution in [-0.2, 0) is 48.9 Å². The molecule has 466 valence electrons. The number of para-hydroxylation sites is 12. The van der Waals surface area contributed by atoms with Crippen LogP contribution in [0.5, 0.6) is 0 Å². The highest BCUT2D eigenvalue weighted by atomic mass is 16.4. The Bertz CT molecular complexity index is 3760. The van der Waals surface area contributed by atoms with Crippen LogP contribution in [0, 0.1) is 0 Å². The van der Waals surface area contributed by atoms with Gasteiger partial charge >= 0.3 is 11.9 Å². The van der Waals surface area contributed by atoms with E-state index in [2.05, 4.69) is 98.2 Å². The topological polar surface area (TPSA) is 408 Å². The Morgan fingerprint density at radius 2 is 0.659 bits per heavy atom. The van der Waals surface area contributed by atoms with E-state index >= 15 is 0 Å². The Morgan fingerprint density at radius 1 is 0.407 bits per heavy atom. The minimum Gasteiger partial charge on any atom is -0.545 e. The van der Waals surface area contributed by atoms with E-state index in [-0.39, 0.29) is 5.48 Å². The number of carboxylic acid groups (broad SMARTS) is 4. The maximum absolute atomic E-state index is 10.7. The summed E-state index contributed by atoms with van der Waals surface area (Å²) in [4.78, 5) is 116. The summed E-state index contributed by atoms with van der Waals surface area (Å²) in [7, 11) is 6.75. The summed E-state index contributed by atoms with van der Waals surface area (Å²) < 4.78 is 0. The molecule has 91 heavy (non-hydrogen) atoms. The van der Waals surface area contributed by atoms with Gasteiger partial charge < -0.3 is 65.2 Å². The third kappa shape index (κ3) is 17.2. The third-order valence-corrected chi connectivity index (χ3v) is 13.5. The normalized spacial score (nSPS) is 10.8. The average molecular weight is 1230 g/mol. The standard InChI is InChI=1S/2C24H21N7.C10H6O8.2C3H7NO.H2O/c2*1-2-8-17-16(7-1)25-22(26-17)13-31(14-23-27-18-9-3-4-10-19(18)28-23)15-24-29-20-11-5-6-12-21(20)30-24;11-7(12)3-1-4(8(13)14)6(10(17)18)2-5(3)9(15)16;2*1-4(2)3-5;/h2*1-12H,13-15H2,(H,25,26)(H,27,28)(H,29,30);1-2H,(H,11,12)(H,13,14)(H,15,16)(H,17,18);2*3H,1-2H3;1H2. The lowest BCUT2D eigenvalue weighted by Crippen LogP contribution is -2.29. The summed E-state index contributed by atoms with van der Waals surface area (Å²) in [6.45, 7) is 4.12. The van der Waals surface area contributed by atoms with Crippen LogP contribution < -0.4 is 20.2 Å². The first-order valence-corrected chi connectivity index (χ1v) is 27.9. The number of imidazole rings is 6. The van der Waals surface area contributed by atoms with Crippen LogP contribution >= 0.6 is 0 Å². The maximum Gasteiger partial charge on any atom is 0.336 e. The van der Waals surface area contributed by atoms with Crippen molar-refractivity contribution < 1.29 is 64.6 Å². The van der Waals surface area contributed by atoms with Crippen LogP contribution in [0.25, 0.3) is 66.2 Å². The zero-order valence-electron chi connectivity index (χ0n) is 49.6. The van der Waals surface area contributed by atoms with Gasteiger partial charge in [0.05, 0.1) is 93.4 Å². The fourth-order valence-electron chi connectivity index (χ4n) is 9.52. The molecule has 6 heterocycles. The summed E-state index contributed by atoms with van der Waals surface area (Å²) in [5.41, 5.74) is 8.93. The number of carboxylic acids is 4. The number of aromatic carboxylic acids is 4. The molecule has 0 saturated carbocycles. The Kier molecular flexibility index (Phi) is 21.5. The van der Waals surface area contributed by atoms with Crippen molar-refractivity contribution >= 4 is 103 Å². The number of fused-ring (bicyclic) bond motifs is 6. The van der Waals surface area contributed by atoms with Crippen molar-refractivity contribution in [3.05, 3.63) is 215 Å². The predicted molar refractivity (Wildman–Crippen MR) is 332 cm³/mol. The molecule has 0 aliphatic rings. The van der Waals surface area contributed by atoms with Gasteiger partial charge in [-0.05, 0) is 84.9 Å². The van der Waals surface area contributed by atoms with Crippen molar-refractivity contribution in [2.45, 2.75) is 39.3 Å². The van der Waals surface area contributed by atoms with Crippen molar-refractivity contribution in [3.63, 3.8) is 0 Å². The number of hydrogen-bond acceptors (Lipinski definition) is 14. The summed E-state index contributed by atoms with van der Waals surface area (Å²) in [6, 6.07) is 49.8. The van der Waals surface area contributed by atoms with Crippen LogP contribution in [-0.4, -0.2) is 150 Å². The van der Waals surface area contributed by atoms with E-state index < -0.39 is 46.1 Å². The lowest BCUT2D eigenvalue weighted by molar-refractivity contribution is -0.361. The zero-order valence-corrected chi connectivity index (χ0v) is 49.6. The average Bonchev–Trinajstić information content (AvgIpc) is 1.99. The van der Waals surface area contributed by atoms with Gasteiger partial charge in [-0.1, -0.05) is 72.8 Å². The van der Waals surface area contributed by atoms with E-state index in [9.17, 15) is 39.0 Å². The van der Waals surface area contributed by atoms with Crippen LogP contribution in [0.3, 0.4) is 0 Å². The van der Waals surface area contributed by atoms with Crippen molar-refractivity contribution in [3.8, 4) is 0 Å². The maximum atomic E-state index is 10.7. The first-order chi connectivity index (χ1) is 43.4. The van der Waals surface area contributed by atoms with Crippen molar-refractivity contribution in [2.75, 3.05) is 28.2 Å². The molecule has 0 aliphatic carbocycles. The molecule has 0 aliphatic heterocycles. The summed E-state index contributed by atoms with van der Waals surface area (Å²) in [5.74, 6) is -1.47. The number of H-pyrrole nitrogens is 8. The minimum atomic E-state index is -1.94. The smallest absolute Gasteiger partial charge is 0.336 e. The molecule has 6 aromatic heterocycles. The Morgan fingerprint density at radius 3 is 0.901 bits per heavy atom. The highest BCUT2D eigenvalue weighted by Crippen LogP contribution is 2.21. The van der Waals surface area contributed by atoms with Crippen LogP contribution in [0.15, 0.2) is 158 Å². The van der Waals surface area contributed by atoms with Gasteiger partial charge in [0.2, 0.25) is 12.8 Å². The van der Waals surface area contributed by atoms with Gasteiger partial charge in [0.15, 0.2) is 22.1 Å². The molecule has 7 aromatic carbocycles. The Hall–Kier alpha value is -11.9. The number of aromatic nitrogens is 12. The van der Waals surface area contributed by atoms with Gasteiger partial charge in [-0.2, -0.15) is 0 Å². The monoisotopic (exact) mass is 1230 g/mol. The number of carbonyl (C=O) groups is 6. The quantitative estimate of drug-likeness (QED) is 0.0556. The second-order valence-corrected chi connectivity index (χ2v) is 20.9. The Balaban J connectivity index is 0.000000168. The van der Waals surface area contributed by atoms with Crippen LogP contribution in [0.1, 0.15) is 76.4 Å². The molecule has 0 unspecified atom stereocenters. The van der Waals surface area contributed by atoms with E-state index in [1.54, 1.807) is 28.2 Å². The first kappa shape index (κ1) is 65.0. The molecule has 27 nitrogen and oxygen atoms in total. The third-order valence-electron chi connectivity index (χ3n) is 13.5. The molecule has 2 amide bonds. The highest BCUT2D eigenvalue weighted by Gasteiger charge is 2.22. The molecule has 0 saturated heterocycles. The summed E-state index contributed by atoms with van der Waals surface area (Å²) >= 11 is 0. The first-order valence-electron chi connectivity index (χ1n) is 27.9. The van der Waals surface area contributed by atoms with E-state index in [1.807, 2.05) is 97.1 Å². The van der Waals surface area contributed by atoms with E-state index in [0.29, 0.717) is 51.4 Å². The molecule has 12 N–H and O–H groups in total. The molecule has 0 spiro atoms. The molecule has 0 atom stereocenters. The second kappa shape index (κ2) is 30.1. The van der Waals surface area contributed by atoms with Gasteiger partial charge in [0.25, 0.3) is 11.6 Å². The predicted octanol–water partition coefficient (Wildman–Crippen LogP) is 4.27. The lowest BCUT2D eigenvalue weighted by atomic mass is 9.98. The lowest BCUT2D eigenvalue weighted by Gasteiger charge is -2.17. The number of carbonyl (C=O) groups excluding carboxylic acids is 4. The zero-order chi connectivity index (χ0) is 63.8. The summed E-state index contributed by atoms with van der Waals surface area (Å²) in [6.07, 6.45) is 1.50. The molecular formula is C64H64N16O11. The minimum absolute atomic E-state index is 0. The van der Waals surface area contributed by atoms with Crippen molar-refractivity contribution in [1.29, 1.82) is 0 Å². The van der Waals surface area contributed by atoms with E-state index in [0.717, 1.165) is 114 Å². The van der Waals surface area contributed by atoms with Gasteiger partial charge in [-0.3, -0.25) is 19.4 Å². The van der Waals surface area contributed by atoms with E-state index in [1.165, 1.54) is 9.80 Å². The number of aromatic amines is 8. The molecule has 0 bridgehead atoms. The molecule has 0 radical (unpaired) electrons. The van der Waals surface area contributed by atoms with Crippen molar-refractivity contribution in [2.24, 2.45) is 0 Å². The second-order valence-electron chi connectivity index (χ2n) is 20.9. The number of nitrogens with one attached hydrogen (secondary N) is 8. The molecule has 13 rings (SSSR count). The fraction of sp³-hybridized carbons (Fsp3) is 0.156. The van der Waals surface area contributed by atoms with Crippen molar-refractivity contribution in [1.82, 2.24) is 69.4 Å². The van der Waals surface area contributed by atoms with Gasteiger partial charge in [0, 0.05) is 39.3 Å². The molecular weight excluding hydrogens is 1170 g/mol. The van der Waals surface area contributed by atoms with E-state index in [4.69, 9.17) is 30.1 Å². The largest absolute Gasteiger partial charge is 0.545 e. The summed E-state index contributed by atoms with van der Waals surface area (Å²) in [5, 5.41) is 38.7. The molecule has 27 heteroatoms.